The van der Waals surface area contributed by atoms with Crippen LogP contribution < -0.4 is 5.32 Å². The van der Waals surface area contributed by atoms with Crippen LogP contribution in [0, 0.1) is 0 Å². The van der Waals surface area contributed by atoms with Crippen LogP contribution in [0.3, 0.4) is 0 Å². The zero-order chi connectivity index (χ0) is 19.7. The molecule has 28 heavy (non-hydrogen) atoms. The van der Waals surface area contributed by atoms with Crippen LogP contribution in [0.25, 0.3) is 21.8 Å². The summed E-state index contributed by atoms with van der Waals surface area (Å²) in [7, 11) is 0. The molecule has 4 aromatic rings. The molecule has 1 amide bonds. The van der Waals surface area contributed by atoms with E-state index in [9.17, 15) is 4.79 Å². The summed E-state index contributed by atoms with van der Waals surface area (Å²) in [6.07, 6.45) is 0.718. The van der Waals surface area contributed by atoms with E-state index >= 15 is 0 Å². The lowest BCUT2D eigenvalue weighted by molar-refractivity contribution is 0.0944. The smallest absolute Gasteiger partial charge is 0.253 e. The van der Waals surface area contributed by atoms with Gasteiger partial charge in [-0.2, -0.15) is 0 Å². The molecule has 1 heterocycles. The number of benzene rings is 3. The number of halogens is 1. The van der Waals surface area contributed by atoms with Gasteiger partial charge in [0.2, 0.25) is 0 Å². The van der Waals surface area contributed by atoms with Gasteiger partial charge < -0.3 is 5.32 Å². The van der Waals surface area contributed by atoms with Crippen molar-refractivity contribution in [3.8, 4) is 0 Å². The number of hydrogen-bond donors (Lipinski definition) is 1. The maximum atomic E-state index is 12.8. The minimum atomic E-state index is -0.0999. The second-order valence-corrected chi connectivity index (χ2v) is 7.68. The van der Waals surface area contributed by atoms with Gasteiger partial charge in [0.05, 0.1) is 16.6 Å². The molecular weight excluding hydrogens is 368 g/mol. The number of fused-ring (bicyclic) bond motifs is 2. The maximum Gasteiger partial charge on any atom is 0.253 e. The van der Waals surface area contributed by atoms with Gasteiger partial charge in [0.15, 0.2) is 0 Å². The van der Waals surface area contributed by atoms with Crippen LogP contribution in [0.2, 0.25) is 5.02 Å². The number of hydrogen-bond acceptors (Lipinski definition) is 2. The van der Waals surface area contributed by atoms with E-state index in [0.29, 0.717) is 5.56 Å². The zero-order valence-electron chi connectivity index (χ0n) is 15.9. The average molecular weight is 389 g/mol. The Labute approximate surface area is 169 Å². The predicted octanol–water partition coefficient (Wildman–Crippen LogP) is 5.77. The first-order valence-corrected chi connectivity index (χ1v) is 9.76. The highest BCUT2D eigenvalue weighted by Gasteiger charge is 2.16. The van der Waals surface area contributed by atoms with Crippen LogP contribution in [-0.4, -0.2) is 16.9 Å². The van der Waals surface area contributed by atoms with Crippen LogP contribution in [0.15, 0.2) is 66.7 Å². The lowest BCUT2D eigenvalue weighted by atomic mass is 9.95. The summed E-state index contributed by atoms with van der Waals surface area (Å²) < 4.78 is 0. The molecule has 3 aromatic carbocycles. The predicted molar refractivity (Wildman–Crippen MR) is 116 cm³/mol. The fraction of sp³-hybridized carbons (Fsp3) is 0.167. The second kappa shape index (κ2) is 7.61. The lowest BCUT2D eigenvalue weighted by Crippen LogP contribution is -2.30. The van der Waals surface area contributed by atoms with Gasteiger partial charge >= 0.3 is 0 Å². The molecule has 0 saturated carbocycles. The Bertz CT molecular complexity index is 1180. The molecule has 0 spiro atoms. The van der Waals surface area contributed by atoms with Crippen molar-refractivity contribution in [2.45, 2.75) is 26.3 Å². The van der Waals surface area contributed by atoms with E-state index in [1.807, 2.05) is 68.4 Å². The number of carbonyl (C=O) groups excluding carboxylic acids is 1. The van der Waals surface area contributed by atoms with Gasteiger partial charge in [0.25, 0.3) is 5.91 Å². The number of aromatic nitrogens is 1. The molecule has 4 heteroatoms. The first-order valence-electron chi connectivity index (χ1n) is 9.38. The fourth-order valence-corrected chi connectivity index (χ4v) is 3.78. The van der Waals surface area contributed by atoms with Crippen LogP contribution in [-0.2, 0) is 6.42 Å². The van der Waals surface area contributed by atoms with Gasteiger partial charge in [-0.3, -0.25) is 4.79 Å². The van der Waals surface area contributed by atoms with Crippen molar-refractivity contribution in [3.05, 3.63) is 88.4 Å². The number of nitrogens with one attached hydrogen (secondary N) is 1. The first kappa shape index (κ1) is 18.5. The highest BCUT2D eigenvalue weighted by molar-refractivity contribution is 6.30. The summed E-state index contributed by atoms with van der Waals surface area (Å²) in [5, 5.41) is 5.79. The highest BCUT2D eigenvalue weighted by Crippen LogP contribution is 2.30. The van der Waals surface area contributed by atoms with E-state index in [1.165, 1.54) is 0 Å². The number of nitrogens with zero attached hydrogens (tertiary/aromatic N) is 1. The van der Waals surface area contributed by atoms with Crippen molar-refractivity contribution >= 4 is 39.3 Å². The normalized spacial score (nSPS) is 11.3. The molecule has 1 N–H and O–H groups in total. The third kappa shape index (κ3) is 3.58. The molecule has 0 saturated heterocycles. The molecule has 0 aliphatic rings. The van der Waals surface area contributed by atoms with Crippen molar-refractivity contribution in [3.63, 3.8) is 0 Å². The molecule has 4 rings (SSSR count). The first-order chi connectivity index (χ1) is 13.5. The van der Waals surface area contributed by atoms with Crippen LogP contribution in [0.5, 0.6) is 0 Å². The van der Waals surface area contributed by atoms with Gasteiger partial charge in [-0.15, -0.1) is 0 Å². The van der Waals surface area contributed by atoms with Crippen LogP contribution in [0.1, 0.15) is 35.3 Å². The Hall–Kier alpha value is -2.91. The number of rotatable bonds is 4. The molecule has 0 bridgehead atoms. The standard InChI is InChI=1S/C24H21ClN2O/c1-15(2)26-24(28)20-11-6-10-19-21(14-16-7-5-8-17(25)13-16)18-9-3-4-12-22(18)27-23(19)20/h3-13,15H,14H2,1-2H3,(H,26,28). The van der Waals surface area contributed by atoms with Crippen molar-refractivity contribution in [2.75, 3.05) is 0 Å². The van der Waals surface area contributed by atoms with Gasteiger partial charge in [-0.1, -0.05) is 54.1 Å². The lowest BCUT2D eigenvalue weighted by Gasteiger charge is -2.15. The van der Waals surface area contributed by atoms with Crippen LogP contribution in [0.4, 0.5) is 0 Å². The Kier molecular flexibility index (Phi) is 5.01. The van der Waals surface area contributed by atoms with E-state index in [0.717, 1.165) is 44.4 Å². The molecule has 140 valence electrons. The van der Waals surface area contributed by atoms with Crippen molar-refractivity contribution in [1.29, 1.82) is 0 Å². The minimum absolute atomic E-state index is 0.0640. The second-order valence-electron chi connectivity index (χ2n) is 7.24. The number of pyridine rings is 1. The monoisotopic (exact) mass is 388 g/mol. The van der Waals surface area contributed by atoms with E-state index < -0.39 is 0 Å². The Morgan fingerprint density at radius 1 is 1.00 bits per heavy atom. The summed E-state index contributed by atoms with van der Waals surface area (Å²) in [6.45, 7) is 3.91. The van der Waals surface area contributed by atoms with Gasteiger partial charge in [0.1, 0.15) is 0 Å². The summed E-state index contributed by atoms with van der Waals surface area (Å²) in [4.78, 5) is 17.6. The van der Waals surface area contributed by atoms with Crippen molar-refractivity contribution < 1.29 is 4.79 Å². The highest BCUT2D eigenvalue weighted by atomic mass is 35.5. The average Bonchev–Trinajstić information content (AvgIpc) is 2.67. The van der Waals surface area contributed by atoms with Gasteiger partial charge in [0, 0.05) is 21.8 Å². The molecule has 0 unspecified atom stereocenters. The van der Waals surface area contributed by atoms with E-state index in [4.69, 9.17) is 16.6 Å². The number of para-hydroxylation sites is 2. The van der Waals surface area contributed by atoms with E-state index in [1.54, 1.807) is 0 Å². The molecule has 0 atom stereocenters. The largest absolute Gasteiger partial charge is 0.350 e. The molecule has 0 aliphatic carbocycles. The molecular formula is C24H21ClN2O. The zero-order valence-corrected chi connectivity index (χ0v) is 16.6. The quantitative estimate of drug-likeness (QED) is 0.451. The van der Waals surface area contributed by atoms with Gasteiger partial charge in [-0.25, -0.2) is 4.98 Å². The summed E-state index contributed by atoms with van der Waals surface area (Å²) in [6, 6.07) is 21.8. The van der Waals surface area contributed by atoms with E-state index in [-0.39, 0.29) is 11.9 Å². The number of amides is 1. The van der Waals surface area contributed by atoms with E-state index in [2.05, 4.69) is 17.4 Å². The van der Waals surface area contributed by atoms with Crippen molar-refractivity contribution in [1.82, 2.24) is 10.3 Å². The Morgan fingerprint density at radius 2 is 1.75 bits per heavy atom. The molecule has 0 radical (unpaired) electrons. The summed E-state index contributed by atoms with van der Waals surface area (Å²) >= 11 is 6.20. The Balaban J connectivity index is 1.96. The summed E-state index contributed by atoms with van der Waals surface area (Å²) in [5.41, 5.74) is 4.50. The topological polar surface area (TPSA) is 42.0 Å². The third-order valence-electron chi connectivity index (χ3n) is 4.76. The van der Waals surface area contributed by atoms with Crippen LogP contribution >= 0.6 is 11.6 Å². The Morgan fingerprint density at radius 3 is 2.54 bits per heavy atom. The minimum Gasteiger partial charge on any atom is -0.350 e. The molecule has 0 aliphatic heterocycles. The third-order valence-corrected chi connectivity index (χ3v) is 4.99. The molecule has 1 aromatic heterocycles. The number of carbonyl (C=O) groups is 1. The SMILES string of the molecule is CC(C)NC(=O)c1cccc2c(Cc3cccc(Cl)c3)c3ccccc3nc12. The van der Waals surface area contributed by atoms with Crippen molar-refractivity contribution in [2.24, 2.45) is 0 Å². The molecule has 0 fully saturated rings. The fourth-order valence-electron chi connectivity index (χ4n) is 3.56. The maximum absolute atomic E-state index is 12.8. The molecule has 3 nitrogen and oxygen atoms in total. The summed E-state index contributed by atoms with van der Waals surface area (Å²) in [5.74, 6) is -0.0999. The van der Waals surface area contributed by atoms with Gasteiger partial charge in [-0.05, 0) is 55.7 Å².